The molecule has 2 saturated heterocycles. The number of carbonyl (C=O) groups excluding carboxylic acids is 1. The fourth-order valence-corrected chi connectivity index (χ4v) is 4.55. The van der Waals surface area contributed by atoms with Gasteiger partial charge in [-0.1, -0.05) is 19.1 Å². The van der Waals surface area contributed by atoms with Crippen LogP contribution >= 0.6 is 0 Å². The fourth-order valence-electron chi connectivity index (χ4n) is 4.55. The molecule has 2 atom stereocenters. The summed E-state index contributed by atoms with van der Waals surface area (Å²) in [6.07, 6.45) is 3.15. The Morgan fingerprint density at radius 2 is 1.97 bits per heavy atom. The molecule has 0 aliphatic carbocycles. The van der Waals surface area contributed by atoms with E-state index in [0.29, 0.717) is 30.4 Å². The number of benzene rings is 1. The van der Waals surface area contributed by atoms with Crippen LogP contribution in [0, 0.1) is 0 Å². The number of carbonyl (C=O) groups is 1. The number of fused-ring (bicyclic) bond motifs is 2. The van der Waals surface area contributed by atoms with Crippen LogP contribution in [0.2, 0.25) is 0 Å². The maximum atomic E-state index is 12.1. The summed E-state index contributed by atoms with van der Waals surface area (Å²) in [5.41, 5.74) is 8.46. The molecular formula is C22H26N8O2. The van der Waals surface area contributed by atoms with Crippen LogP contribution in [0.25, 0.3) is 23.0 Å². The fraction of sp³-hybridized carbons (Fsp3) is 0.409. The molecule has 10 nitrogen and oxygen atoms in total. The summed E-state index contributed by atoms with van der Waals surface area (Å²) in [6.45, 7) is 4.14. The van der Waals surface area contributed by atoms with E-state index >= 15 is 0 Å². The normalized spacial score (nSPS) is 19.7. The number of nitrogens with one attached hydrogen (secondary N) is 1. The van der Waals surface area contributed by atoms with Crippen molar-refractivity contribution in [3.8, 4) is 23.0 Å². The lowest BCUT2D eigenvalue weighted by molar-refractivity contribution is -0.131. The highest BCUT2D eigenvalue weighted by Crippen LogP contribution is 2.35. The summed E-state index contributed by atoms with van der Waals surface area (Å²) in [5, 5.41) is 11.5. The number of nitrogen functional groups attached to an aromatic ring is 1. The van der Waals surface area contributed by atoms with Crippen molar-refractivity contribution in [1.82, 2.24) is 30.4 Å². The van der Waals surface area contributed by atoms with Gasteiger partial charge in [-0.25, -0.2) is 9.97 Å². The minimum atomic E-state index is 0.207. The lowest BCUT2D eigenvalue weighted by Crippen LogP contribution is -2.49. The van der Waals surface area contributed by atoms with Gasteiger partial charge >= 0.3 is 0 Å². The van der Waals surface area contributed by atoms with Crippen LogP contribution in [-0.4, -0.2) is 63.2 Å². The van der Waals surface area contributed by atoms with Crippen molar-refractivity contribution in [1.29, 1.82) is 0 Å². The molecule has 3 aromatic rings. The van der Waals surface area contributed by atoms with E-state index in [-0.39, 0.29) is 29.7 Å². The Balaban J connectivity index is 1.37. The average molecular weight is 435 g/mol. The Kier molecular flexibility index (Phi) is 5.22. The topological polar surface area (TPSA) is 126 Å². The molecule has 5 rings (SSSR count). The Hall–Kier alpha value is -3.53. The van der Waals surface area contributed by atoms with E-state index in [1.54, 1.807) is 6.20 Å². The van der Waals surface area contributed by atoms with Crippen molar-refractivity contribution in [3.63, 3.8) is 0 Å². The zero-order valence-corrected chi connectivity index (χ0v) is 18.2. The quantitative estimate of drug-likeness (QED) is 0.596. The van der Waals surface area contributed by atoms with E-state index in [0.717, 1.165) is 30.6 Å². The number of rotatable bonds is 6. The standard InChI is InChI=1S/C22H26N8O2/c1-3-18(31)30-12-15-8-16(30)11-29(15)17-10-25-20(23)19(26-17)22-28-27-21(32-22)14-6-4-13(5-7-14)9-24-2/h4-7,10,15-16,24H,3,8-9,11-12H2,1-2H3,(H2,23,25)/t15-,16+/m1/s1. The van der Waals surface area contributed by atoms with Gasteiger partial charge in [-0.05, 0) is 31.2 Å². The molecule has 2 fully saturated rings. The molecule has 0 radical (unpaired) electrons. The third-order valence-electron chi connectivity index (χ3n) is 6.16. The van der Waals surface area contributed by atoms with E-state index in [4.69, 9.17) is 15.1 Å². The number of nitrogens with two attached hydrogens (primary N) is 1. The number of likely N-dealkylation sites (tertiary alicyclic amines) is 1. The lowest BCUT2D eigenvalue weighted by Gasteiger charge is -2.34. The molecule has 3 N–H and O–H groups in total. The Morgan fingerprint density at radius 3 is 2.66 bits per heavy atom. The predicted molar refractivity (Wildman–Crippen MR) is 119 cm³/mol. The van der Waals surface area contributed by atoms with E-state index in [9.17, 15) is 4.79 Å². The molecule has 0 saturated carbocycles. The van der Waals surface area contributed by atoms with Crippen LogP contribution in [0.1, 0.15) is 25.3 Å². The van der Waals surface area contributed by atoms with E-state index in [1.165, 1.54) is 0 Å². The minimum Gasteiger partial charge on any atom is -0.414 e. The molecule has 2 bridgehead atoms. The molecule has 1 aromatic carbocycles. The highest BCUT2D eigenvalue weighted by molar-refractivity contribution is 5.77. The number of aromatic nitrogens is 4. The zero-order chi connectivity index (χ0) is 22.2. The van der Waals surface area contributed by atoms with Crippen LogP contribution in [0.15, 0.2) is 34.9 Å². The third kappa shape index (κ3) is 3.56. The van der Waals surface area contributed by atoms with E-state index in [1.807, 2.05) is 43.1 Å². The largest absolute Gasteiger partial charge is 0.414 e. The van der Waals surface area contributed by atoms with Crippen molar-refractivity contribution in [2.45, 2.75) is 38.4 Å². The molecule has 4 heterocycles. The lowest BCUT2D eigenvalue weighted by atomic mass is 10.1. The Bertz CT molecular complexity index is 1130. The molecule has 0 spiro atoms. The maximum absolute atomic E-state index is 12.1. The summed E-state index contributed by atoms with van der Waals surface area (Å²) >= 11 is 0. The van der Waals surface area contributed by atoms with Crippen LogP contribution in [0.5, 0.6) is 0 Å². The molecule has 2 aromatic heterocycles. The van der Waals surface area contributed by atoms with Gasteiger partial charge in [-0.15, -0.1) is 10.2 Å². The molecule has 10 heteroatoms. The van der Waals surface area contributed by atoms with Gasteiger partial charge in [0.2, 0.25) is 11.8 Å². The van der Waals surface area contributed by atoms with Crippen molar-refractivity contribution in [3.05, 3.63) is 36.0 Å². The first-order valence-electron chi connectivity index (χ1n) is 10.8. The molecule has 2 aliphatic heterocycles. The van der Waals surface area contributed by atoms with Gasteiger partial charge in [-0.2, -0.15) is 0 Å². The molecule has 2 aliphatic rings. The van der Waals surface area contributed by atoms with E-state index in [2.05, 4.69) is 25.4 Å². The van der Waals surface area contributed by atoms with Crippen molar-refractivity contribution in [2.24, 2.45) is 0 Å². The van der Waals surface area contributed by atoms with Crippen LogP contribution in [-0.2, 0) is 11.3 Å². The third-order valence-corrected chi connectivity index (χ3v) is 6.16. The predicted octanol–water partition coefficient (Wildman–Crippen LogP) is 1.69. The molecule has 0 unspecified atom stereocenters. The molecular weight excluding hydrogens is 408 g/mol. The van der Waals surface area contributed by atoms with Gasteiger partial charge < -0.3 is 25.3 Å². The number of nitrogens with zero attached hydrogens (tertiary/aromatic N) is 6. The molecule has 1 amide bonds. The van der Waals surface area contributed by atoms with Gasteiger partial charge in [0.05, 0.1) is 18.3 Å². The maximum Gasteiger partial charge on any atom is 0.270 e. The van der Waals surface area contributed by atoms with Gasteiger partial charge in [0.15, 0.2) is 11.5 Å². The first-order valence-corrected chi connectivity index (χ1v) is 10.8. The second-order valence-electron chi connectivity index (χ2n) is 8.20. The highest BCUT2D eigenvalue weighted by Gasteiger charge is 2.45. The van der Waals surface area contributed by atoms with Crippen molar-refractivity contribution >= 4 is 17.5 Å². The van der Waals surface area contributed by atoms with Crippen molar-refractivity contribution in [2.75, 3.05) is 30.8 Å². The van der Waals surface area contributed by atoms with Gasteiger partial charge in [0.25, 0.3) is 5.89 Å². The van der Waals surface area contributed by atoms with Crippen LogP contribution in [0.4, 0.5) is 11.6 Å². The summed E-state index contributed by atoms with van der Waals surface area (Å²) in [7, 11) is 1.91. The SMILES string of the molecule is CCC(=O)N1C[C@H]2C[C@H]1CN2c1cnc(N)c(-c2nnc(-c3ccc(CNC)cc3)o2)n1. The Labute approximate surface area is 185 Å². The average Bonchev–Trinajstić information content (AvgIpc) is 3.56. The van der Waals surface area contributed by atoms with Gasteiger partial charge in [0.1, 0.15) is 5.82 Å². The summed E-state index contributed by atoms with van der Waals surface area (Å²) < 4.78 is 5.89. The monoisotopic (exact) mass is 434 g/mol. The second kappa shape index (κ2) is 8.19. The smallest absolute Gasteiger partial charge is 0.270 e. The number of anilines is 2. The van der Waals surface area contributed by atoms with Crippen molar-refractivity contribution < 1.29 is 9.21 Å². The zero-order valence-electron chi connectivity index (χ0n) is 18.2. The molecule has 32 heavy (non-hydrogen) atoms. The van der Waals surface area contributed by atoms with Gasteiger partial charge in [0, 0.05) is 31.6 Å². The number of hydrogen-bond donors (Lipinski definition) is 2. The number of piperazine rings is 1. The number of hydrogen-bond acceptors (Lipinski definition) is 9. The minimum absolute atomic E-state index is 0.207. The highest BCUT2D eigenvalue weighted by atomic mass is 16.4. The summed E-state index contributed by atoms with van der Waals surface area (Å²) in [4.78, 5) is 25.3. The first-order chi connectivity index (χ1) is 15.6. The Morgan fingerprint density at radius 1 is 1.19 bits per heavy atom. The summed E-state index contributed by atoms with van der Waals surface area (Å²) in [5.74, 6) is 1.79. The van der Waals surface area contributed by atoms with Crippen LogP contribution < -0.4 is 16.0 Å². The van der Waals surface area contributed by atoms with Gasteiger partial charge in [-0.3, -0.25) is 4.79 Å². The first kappa shape index (κ1) is 20.4. The molecule has 166 valence electrons. The second-order valence-corrected chi connectivity index (χ2v) is 8.20. The number of amides is 1. The van der Waals surface area contributed by atoms with E-state index < -0.39 is 0 Å². The van der Waals surface area contributed by atoms with Crippen LogP contribution in [0.3, 0.4) is 0 Å². The summed E-state index contributed by atoms with van der Waals surface area (Å²) in [6, 6.07) is 8.37.